The van der Waals surface area contributed by atoms with Gasteiger partial charge < -0.3 is 10.2 Å². The highest BCUT2D eigenvalue weighted by molar-refractivity contribution is 6.22. The van der Waals surface area contributed by atoms with E-state index < -0.39 is 0 Å². The number of anilines is 1. The molecule has 0 saturated carbocycles. The van der Waals surface area contributed by atoms with E-state index in [1.165, 1.54) is 12.8 Å². The van der Waals surface area contributed by atoms with E-state index >= 15 is 0 Å². The second kappa shape index (κ2) is 7.38. The Morgan fingerprint density at radius 1 is 1.25 bits per heavy atom. The topological polar surface area (TPSA) is 82.0 Å². The first-order chi connectivity index (χ1) is 13.6. The molecular weight excluding hydrogens is 350 g/mol. The van der Waals surface area contributed by atoms with E-state index in [0.29, 0.717) is 28.2 Å². The zero-order chi connectivity index (χ0) is 19.7. The van der Waals surface area contributed by atoms with Gasteiger partial charge in [0, 0.05) is 48.4 Å². The zero-order valence-corrected chi connectivity index (χ0v) is 16.1. The fraction of sp³-hybridized carbons (Fsp3) is 0.273. The van der Waals surface area contributed by atoms with Crippen LogP contribution in [-0.4, -0.2) is 42.1 Å². The lowest BCUT2D eigenvalue weighted by Crippen LogP contribution is -2.17. The fourth-order valence-electron chi connectivity index (χ4n) is 3.79. The number of nitrogens with zero attached hydrogens (tertiary/aromatic N) is 3. The van der Waals surface area contributed by atoms with Crippen LogP contribution in [0.5, 0.6) is 0 Å². The molecule has 0 unspecified atom stereocenters. The van der Waals surface area contributed by atoms with Gasteiger partial charge in [-0.15, -0.1) is 0 Å². The molecular formula is C22H23N5O. The van der Waals surface area contributed by atoms with Crippen LogP contribution in [0.2, 0.25) is 0 Å². The van der Waals surface area contributed by atoms with Gasteiger partial charge in [-0.2, -0.15) is 0 Å². The molecule has 28 heavy (non-hydrogen) atoms. The molecule has 0 bridgehead atoms. The third-order valence-corrected chi connectivity index (χ3v) is 5.35. The molecule has 2 aromatic rings. The molecule has 1 aliphatic carbocycles. The summed E-state index contributed by atoms with van der Waals surface area (Å²) in [6, 6.07) is 6.06. The lowest BCUT2D eigenvalue weighted by Gasteiger charge is -2.20. The summed E-state index contributed by atoms with van der Waals surface area (Å²) in [4.78, 5) is 23.4. The lowest BCUT2D eigenvalue weighted by atomic mass is 9.86. The monoisotopic (exact) mass is 373 g/mol. The van der Waals surface area contributed by atoms with E-state index in [-0.39, 0.29) is 0 Å². The van der Waals surface area contributed by atoms with Crippen LogP contribution < -0.4 is 10.2 Å². The minimum absolute atomic E-state index is 0.342. The number of carbonyl (C=O) groups excluding carboxylic acids is 1. The van der Waals surface area contributed by atoms with Crippen LogP contribution in [0.25, 0.3) is 16.6 Å². The number of aldehydes is 1. The van der Waals surface area contributed by atoms with E-state index in [0.717, 1.165) is 41.6 Å². The van der Waals surface area contributed by atoms with Gasteiger partial charge in [-0.25, -0.2) is 9.97 Å². The number of allylic oxidation sites excluding steroid dienone is 5. The minimum atomic E-state index is 0.342. The Hall–Kier alpha value is -3.28. The molecule has 142 valence electrons. The summed E-state index contributed by atoms with van der Waals surface area (Å²) >= 11 is 0. The van der Waals surface area contributed by atoms with Crippen molar-refractivity contribution in [3.8, 4) is 0 Å². The third kappa shape index (κ3) is 3.11. The van der Waals surface area contributed by atoms with Crippen LogP contribution >= 0.6 is 0 Å². The van der Waals surface area contributed by atoms with E-state index in [1.54, 1.807) is 20.2 Å². The summed E-state index contributed by atoms with van der Waals surface area (Å²) < 4.78 is 0. The predicted octanol–water partition coefficient (Wildman–Crippen LogP) is 3.27. The summed E-state index contributed by atoms with van der Waals surface area (Å²) in [5.74, 6) is 0. The Bertz CT molecular complexity index is 1060. The van der Waals surface area contributed by atoms with Crippen LogP contribution in [0.1, 0.15) is 25.5 Å². The molecule has 2 N–H and O–H groups in total. The number of hydrogen-bond donors (Lipinski definition) is 2. The zero-order valence-electron chi connectivity index (χ0n) is 16.1. The Morgan fingerprint density at radius 3 is 2.75 bits per heavy atom. The smallest absolute Gasteiger partial charge is 0.159 e. The lowest BCUT2D eigenvalue weighted by molar-refractivity contribution is -0.104. The van der Waals surface area contributed by atoms with Crippen molar-refractivity contribution in [3.63, 3.8) is 0 Å². The Balaban J connectivity index is 1.78. The number of nitrogens with one attached hydrogen (secondary N) is 2. The highest BCUT2D eigenvalue weighted by Gasteiger charge is 2.22. The number of hydrogen-bond acceptors (Lipinski definition) is 6. The summed E-state index contributed by atoms with van der Waals surface area (Å²) in [6.45, 7) is 3.94. The normalized spacial score (nSPS) is 18.8. The average Bonchev–Trinajstić information content (AvgIpc) is 3.25. The molecule has 1 saturated heterocycles. The molecule has 2 aromatic heterocycles. The highest BCUT2D eigenvalue weighted by Crippen LogP contribution is 2.32. The van der Waals surface area contributed by atoms with E-state index in [9.17, 15) is 4.79 Å². The van der Waals surface area contributed by atoms with Crippen molar-refractivity contribution in [1.29, 1.82) is 5.41 Å². The van der Waals surface area contributed by atoms with Gasteiger partial charge >= 0.3 is 0 Å². The van der Waals surface area contributed by atoms with Crippen LogP contribution in [0, 0.1) is 5.41 Å². The van der Waals surface area contributed by atoms with E-state index in [2.05, 4.69) is 21.3 Å². The van der Waals surface area contributed by atoms with Crippen LogP contribution in [0.3, 0.4) is 0 Å². The summed E-state index contributed by atoms with van der Waals surface area (Å²) in [7, 11) is 1.79. The molecule has 2 aliphatic rings. The maximum absolute atomic E-state index is 11.7. The largest absolute Gasteiger partial charge is 0.393 e. The number of carbonyl (C=O) groups is 1. The molecule has 6 nitrogen and oxygen atoms in total. The standard InChI is InChI=1S/C22H23N5O/c1-14-19(13-28)18(10-16(11-24-2)21(14)23)20-6-5-15-9-17(12-25-22(15)26-20)27-7-3-4-8-27/h5-6,9-13,23-24H,3-4,7-8H2,1-2H3/b16-11-,23-21?. The number of fused-ring (bicyclic) bond motifs is 1. The first-order valence-electron chi connectivity index (χ1n) is 9.49. The third-order valence-electron chi connectivity index (χ3n) is 5.35. The fourth-order valence-corrected chi connectivity index (χ4v) is 3.79. The van der Waals surface area contributed by atoms with E-state index in [1.807, 2.05) is 24.4 Å². The van der Waals surface area contributed by atoms with Crippen LogP contribution in [0.15, 0.2) is 53.4 Å². The molecule has 6 heteroatoms. The SMILES string of the molecule is CN/C=C1/C=C(c2ccc3cc(N4CCCC4)cnc3n2)C(C=O)=C(C)C1=N. The van der Waals surface area contributed by atoms with Gasteiger partial charge in [0.1, 0.15) is 0 Å². The van der Waals surface area contributed by atoms with Crippen molar-refractivity contribution in [2.45, 2.75) is 19.8 Å². The molecule has 0 aromatic carbocycles. The van der Waals surface area contributed by atoms with Crippen molar-refractivity contribution in [3.05, 3.63) is 59.1 Å². The first-order valence-corrected chi connectivity index (χ1v) is 9.49. The van der Waals surface area contributed by atoms with Crippen molar-refractivity contribution in [2.24, 2.45) is 0 Å². The van der Waals surface area contributed by atoms with Gasteiger partial charge in [0.05, 0.1) is 23.3 Å². The van der Waals surface area contributed by atoms with Crippen molar-refractivity contribution in [1.82, 2.24) is 15.3 Å². The highest BCUT2D eigenvalue weighted by atomic mass is 16.1. The minimum Gasteiger partial charge on any atom is -0.393 e. The van der Waals surface area contributed by atoms with Gasteiger partial charge in [0.2, 0.25) is 0 Å². The first kappa shape index (κ1) is 18.1. The molecule has 4 rings (SSSR count). The van der Waals surface area contributed by atoms with Crippen molar-refractivity contribution in [2.75, 3.05) is 25.0 Å². The maximum atomic E-state index is 11.7. The van der Waals surface area contributed by atoms with Crippen molar-refractivity contribution < 1.29 is 4.79 Å². The molecule has 1 aliphatic heterocycles. The molecule has 0 radical (unpaired) electrons. The Labute approximate surface area is 164 Å². The van der Waals surface area contributed by atoms with Crippen LogP contribution in [-0.2, 0) is 4.79 Å². The number of rotatable bonds is 4. The number of aromatic nitrogens is 2. The van der Waals surface area contributed by atoms with Gasteiger partial charge in [0.15, 0.2) is 11.9 Å². The summed E-state index contributed by atoms with van der Waals surface area (Å²) in [5, 5.41) is 12.2. The number of pyridine rings is 2. The Kier molecular flexibility index (Phi) is 4.77. The van der Waals surface area contributed by atoms with Gasteiger partial charge in [-0.3, -0.25) is 10.2 Å². The van der Waals surface area contributed by atoms with Gasteiger partial charge in [0.25, 0.3) is 0 Å². The van der Waals surface area contributed by atoms with Gasteiger partial charge in [-0.1, -0.05) is 0 Å². The molecule has 0 atom stereocenters. The average molecular weight is 373 g/mol. The molecule has 0 spiro atoms. The Morgan fingerprint density at radius 2 is 2.04 bits per heavy atom. The quantitative estimate of drug-likeness (QED) is 0.804. The predicted molar refractivity (Wildman–Crippen MR) is 113 cm³/mol. The second-order valence-corrected chi connectivity index (χ2v) is 7.11. The molecule has 3 heterocycles. The molecule has 1 fully saturated rings. The second-order valence-electron chi connectivity index (χ2n) is 7.11. The maximum Gasteiger partial charge on any atom is 0.159 e. The van der Waals surface area contributed by atoms with Crippen LogP contribution in [0.4, 0.5) is 5.69 Å². The van der Waals surface area contributed by atoms with E-state index in [4.69, 9.17) is 10.4 Å². The van der Waals surface area contributed by atoms with Gasteiger partial charge in [-0.05, 0) is 49.6 Å². The summed E-state index contributed by atoms with van der Waals surface area (Å²) in [5.41, 5.74) is 5.40. The molecule has 0 amide bonds. The summed E-state index contributed by atoms with van der Waals surface area (Å²) in [6.07, 6.45) is 8.73. The van der Waals surface area contributed by atoms with Crippen molar-refractivity contribution >= 4 is 34.3 Å².